The van der Waals surface area contributed by atoms with Crippen LogP contribution in [0.5, 0.6) is 11.5 Å². The first-order chi connectivity index (χ1) is 15.4. The van der Waals surface area contributed by atoms with Gasteiger partial charge < -0.3 is 19.7 Å². The Morgan fingerprint density at radius 3 is 2.56 bits per heavy atom. The molecule has 2 N–H and O–H groups in total. The summed E-state index contributed by atoms with van der Waals surface area (Å²) in [7, 11) is -3.85. The third kappa shape index (κ3) is 5.34. The Bertz CT molecular complexity index is 1070. The van der Waals surface area contributed by atoms with Crippen LogP contribution in [0.4, 0.5) is 5.69 Å². The maximum absolute atomic E-state index is 12.9. The lowest BCUT2D eigenvalue weighted by atomic mass is 10.0. The van der Waals surface area contributed by atoms with Gasteiger partial charge in [-0.2, -0.15) is 0 Å². The van der Waals surface area contributed by atoms with Crippen LogP contribution < -0.4 is 19.5 Å². The number of nitrogens with one attached hydrogen (secondary N) is 2. The summed E-state index contributed by atoms with van der Waals surface area (Å²) in [6.45, 7) is 6.03. The molecule has 0 spiro atoms. The molecule has 9 heteroatoms. The molecule has 0 unspecified atom stereocenters. The summed E-state index contributed by atoms with van der Waals surface area (Å²) < 4.78 is 39.2. The number of nitrogens with zero attached hydrogens (tertiary/aromatic N) is 1. The smallest absolute Gasteiger partial charge is 0.262 e. The van der Waals surface area contributed by atoms with Gasteiger partial charge in [0, 0.05) is 36.4 Å². The van der Waals surface area contributed by atoms with Gasteiger partial charge in [0.2, 0.25) is 0 Å². The Morgan fingerprint density at radius 2 is 1.81 bits per heavy atom. The first-order valence-corrected chi connectivity index (χ1v) is 12.5. The highest BCUT2D eigenvalue weighted by molar-refractivity contribution is 7.92. The molecule has 1 saturated heterocycles. The number of likely N-dealkylation sites (tertiary alicyclic amines) is 1. The van der Waals surface area contributed by atoms with Crippen LogP contribution in [0.25, 0.3) is 0 Å². The number of anilines is 1. The van der Waals surface area contributed by atoms with Crippen molar-refractivity contribution in [3.05, 3.63) is 48.0 Å². The zero-order chi connectivity index (χ0) is 22.6. The second kappa shape index (κ2) is 9.79. The predicted molar refractivity (Wildman–Crippen MR) is 122 cm³/mol. The van der Waals surface area contributed by atoms with Crippen LogP contribution >= 0.6 is 0 Å². The third-order valence-electron chi connectivity index (χ3n) is 5.66. The number of rotatable bonds is 7. The van der Waals surface area contributed by atoms with Crippen LogP contribution in [-0.2, 0) is 10.0 Å². The molecular formula is C23H29N3O5S. The van der Waals surface area contributed by atoms with Crippen LogP contribution in [0.2, 0.25) is 0 Å². The van der Waals surface area contributed by atoms with E-state index in [4.69, 9.17) is 9.47 Å². The van der Waals surface area contributed by atoms with Crippen molar-refractivity contribution in [2.75, 3.05) is 37.6 Å². The van der Waals surface area contributed by atoms with Gasteiger partial charge in [0.15, 0.2) is 11.5 Å². The molecule has 1 fully saturated rings. The van der Waals surface area contributed by atoms with Crippen molar-refractivity contribution in [3.63, 3.8) is 0 Å². The minimum Gasteiger partial charge on any atom is -0.486 e. The van der Waals surface area contributed by atoms with Gasteiger partial charge in [-0.25, -0.2) is 8.42 Å². The Balaban J connectivity index is 1.41. The summed E-state index contributed by atoms with van der Waals surface area (Å²) >= 11 is 0. The van der Waals surface area contributed by atoms with Crippen molar-refractivity contribution in [1.82, 2.24) is 10.2 Å². The van der Waals surface area contributed by atoms with E-state index in [0.717, 1.165) is 38.9 Å². The van der Waals surface area contributed by atoms with E-state index in [9.17, 15) is 13.2 Å². The fraction of sp³-hybridized carbons (Fsp3) is 0.435. The quantitative estimate of drug-likeness (QED) is 0.661. The third-order valence-corrected chi connectivity index (χ3v) is 7.04. The molecule has 172 valence electrons. The standard InChI is InChI=1S/C23H29N3O5S/c1-2-10-26-11-8-18(9-12-26)24-23(27)17-4-3-5-19(15-17)25-32(28,29)20-6-7-21-22(16-20)31-14-13-30-21/h3-7,15-16,18,25H,2,8-14H2,1H3,(H,24,27). The fourth-order valence-electron chi connectivity index (χ4n) is 4.01. The van der Waals surface area contributed by atoms with Gasteiger partial charge in [0.25, 0.3) is 15.9 Å². The molecule has 32 heavy (non-hydrogen) atoms. The maximum Gasteiger partial charge on any atom is 0.262 e. The van der Waals surface area contributed by atoms with Gasteiger partial charge in [-0.1, -0.05) is 13.0 Å². The molecule has 0 aliphatic carbocycles. The highest BCUT2D eigenvalue weighted by atomic mass is 32.2. The molecule has 4 rings (SSSR count). The lowest BCUT2D eigenvalue weighted by Gasteiger charge is -2.32. The van der Waals surface area contributed by atoms with Crippen molar-refractivity contribution in [1.29, 1.82) is 0 Å². The average Bonchev–Trinajstić information content (AvgIpc) is 2.80. The van der Waals surface area contributed by atoms with E-state index < -0.39 is 10.0 Å². The van der Waals surface area contributed by atoms with Crippen molar-refractivity contribution in [2.45, 2.75) is 37.1 Å². The van der Waals surface area contributed by atoms with E-state index in [1.165, 1.54) is 12.1 Å². The minimum absolute atomic E-state index is 0.0652. The Kier molecular flexibility index (Phi) is 6.86. The number of carbonyl (C=O) groups is 1. The fourth-order valence-corrected chi connectivity index (χ4v) is 5.08. The minimum atomic E-state index is -3.85. The lowest BCUT2D eigenvalue weighted by molar-refractivity contribution is 0.0911. The highest BCUT2D eigenvalue weighted by Crippen LogP contribution is 2.32. The van der Waals surface area contributed by atoms with E-state index in [2.05, 4.69) is 21.9 Å². The molecule has 2 aromatic carbocycles. The molecule has 2 aliphatic heterocycles. The maximum atomic E-state index is 12.9. The first-order valence-electron chi connectivity index (χ1n) is 11.0. The normalized spacial score (nSPS) is 17.0. The van der Waals surface area contributed by atoms with E-state index >= 15 is 0 Å². The van der Waals surface area contributed by atoms with Crippen molar-refractivity contribution in [3.8, 4) is 11.5 Å². The second-order valence-electron chi connectivity index (χ2n) is 8.08. The molecule has 2 heterocycles. The number of hydrogen-bond donors (Lipinski definition) is 2. The van der Waals surface area contributed by atoms with E-state index in [1.807, 2.05) is 0 Å². The summed E-state index contributed by atoms with van der Waals surface area (Å²) in [6, 6.07) is 11.2. The number of ether oxygens (including phenoxy) is 2. The summed E-state index contributed by atoms with van der Waals surface area (Å²) in [5.41, 5.74) is 0.744. The molecule has 0 radical (unpaired) electrons. The Labute approximate surface area is 189 Å². The molecule has 1 amide bonds. The zero-order valence-corrected chi connectivity index (χ0v) is 19.0. The van der Waals surface area contributed by atoms with Crippen LogP contribution in [0.1, 0.15) is 36.5 Å². The Hall–Kier alpha value is -2.78. The van der Waals surface area contributed by atoms with Crippen molar-refractivity contribution in [2.24, 2.45) is 0 Å². The molecule has 2 aliphatic rings. The lowest BCUT2D eigenvalue weighted by Crippen LogP contribution is -2.44. The molecule has 8 nitrogen and oxygen atoms in total. The molecule has 0 saturated carbocycles. The molecule has 2 aromatic rings. The SMILES string of the molecule is CCCN1CCC(NC(=O)c2cccc(NS(=O)(=O)c3ccc4c(c3)OCCO4)c2)CC1. The van der Waals surface area contributed by atoms with E-state index in [-0.39, 0.29) is 16.8 Å². The molecular weight excluding hydrogens is 430 g/mol. The number of benzene rings is 2. The van der Waals surface area contributed by atoms with Gasteiger partial charge in [-0.15, -0.1) is 0 Å². The highest BCUT2D eigenvalue weighted by Gasteiger charge is 2.22. The van der Waals surface area contributed by atoms with E-state index in [0.29, 0.717) is 36.0 Å². The number of piperidine rings is 1. The monoisotopic (exact) mass is 459 g/mol. The molecule has 0 atom stereocenters. The summed E-state index contributed by atoms with van der Waals surface area (Å²) in [5.74, 6) is 0.728. The number of hydrogen-bond acceptors (Lipinski definition) is 6. The number of carbonyl (C=O) groups excluding carboxylic acids is 1. The van der Waals surface area contributed by atoms with Gasteiger partial charge in [-0.05, 0) is 56.1 Å². The summed E-state index contributed by atoms with van der Waals surface area (Å²) in [4.78, 5) is 15.2. The molecule has 0 aromatic heterocycles. The predicted octanol–water partition coefficient (Wildman–Crippen LogP) is 2.86. The van der Waals surface area contributed by atoms with Crippen LogP contribution in [0, 0.1) is 0 Å². The number of amides is 1. The van der Waals surface area contributed by atoms with Crippen LogP contribution in [0.15, 0.2) is 47.4 Å². The topological polar surface area (TPSA) is 97.0 Å². The van der Waals surface area contributed by atoms with Crippen LogP contribution in [-0.4, -0.2) is 58.1 Å². The van der Waals surface area contributed by atoms with Gasteiger partial charge >= 0.3 is 0 Å². The van der Waals surface area contributed by atoms with E-state index in [1.54, 1.807) is 30.3 Å². The first kappa shape index (κ1) is 22.4. The largest absolute Gasteiger partial charge is 0.486 e. The number of fused-ring (bicyclic) bond motifs is 1. The zero-order valence-electron chi connectivity index (χ0n) is 18.2. The summed E-state index contributed by atoms with van der Waals surface area (Å²) in [6.07, 6.45) is 2.97. The average molecular weight is 460 g/mol. The van der Waals surface area contributed by atoms with Crippen LogP contribution in [0.3, 0.4) is 0 Å². The van der Waals surface area contributed by atoms with Crippen molar-refractivity contribution < 1.29 is 22.7 Å². The van der Waals surface area contributed by atoms with Gasteiger partial charge in [0.1, 0.15) is 13.2 Å². The number of sulfonamides is 1. The van der Waals surface area contributed by atoms with Gasteiger partial charge in [-0.3, -0.25) is 9.52 Å². The van der Waals surface area contributed by atoms with Crippen molar-refractivity contribution >= 4 is 21.6 Å². The molecule has 0 bridgehead atoms. The second-order valence-corrected chi connectivity index (χ2v) is 9.76. The van der Waals surface area contributed by atoms with Gasteiger partial charge in [0.05, 0.1) is 4.90 Å². The Morgan fingerprint density at radius 1 is 1.06 bits per heavy atom. The summed E-state index contributed by atoms with van der Waals surface area (Å²) in [5, 5.41) is 3.08.